The molecule has 0 heterocycles. The highest BCUT2D eigenvalue weighted by Crippen LogP contribution is 2.29. The number of carboxylic acid groups (broad SMARTS) is 1. The average Bonchev–Trinajstić information content (AvgIpc) is 2.46. The Labute approximate surface area is 119 Å². The van der Waals surface area contributed by atoms with Gasteiger partial charge in [0.05, 0.1) is 13.7 Å². The van der Waals surface area contributed by atoms with Gasteiger partial charge in [-0.1, -0.05) is 26.2 Å². The van der Waals surface area contributed by atoms with Crippen LogP contribution in [-0.2, 0) is 4.79 Å². The van der Waals surface area contributed by atoms with Crippen molar-refractivity contribution in [2.75, 3.05) is 13.7 Å². The van der Waals surface area contributed by atoms with Crippen molar-refractivity contribution in [3.05, 3.63) is 23.8 Å². The highest BCUT2D eigenvalue weighted by Gasteiger charge is 2.14. The van der Waals surface area contributed by atoms with Crippen molar-refractivity contribution in [1.82, 2.24) is 0 Å². The van der Waals surface area contributed by atoms with E-state index in [0.29, 0.717) is 23.7 Å². The molecule has 0 bridgehead atoms. The van der Waals surface area contributed by atoms with Crippen LogP contribution in [0.2, 0.25) is 0 Å². The van der Waals surface area contributed by atoms with E-state index in [1.54, 1.807) is 18.2 Å². The number of ether oxygens (including phenoxy) is 2. The number of carbonyl (C=O) groups excluding carboxylic acids is 1. The molecule has 0 unspecified atom stereocenters. The van der Waals surface area contributed by atoms with E-state index >= 15 is 0 Å². The van der Waals surface area contributed by atoms with Gasteiger partial charge in [-0.15, -0.1) is 0 Å². The van der Waals surface area contributed by atoms with E-state index in [9.17, 15) is 9.90 Å². The van der Waals surface area contributed by atoms with Crippen LogP contribution >= 0.6 is 0 Å². The maximum absolute atomic E-state index is 10.8. The van der Waals surface area contributed by atoms with Crippen molar-refractivity contribution in [3.63, 3.8) is 0 Å². The minimum absolute atomic E-state index is 0.521. The summed E-state index contributed by atoms with van der Waals surface area (Å²) in [5.74, 6) is -0.0634. The topological polar surface area (TPSA) is 86.2 Å². The Balaban J connectivity index is 2.66. The molecular weight excluding hydrogens is 258 g/mol. The summed E-state index contributed by atoms with van der Waals surface area (Å²) < 4.78 is 10.9. The van der Waals surface area contributed by atoms with Crippen LogP contribution in [-0.4, -0.2) is 19.7 Å². The van der Waals surface area contributed by atoms with Crippen LogP contribution in [0.15, 0.2) is 18.2 Å². The van der Waals surface area contributed by atoms with E-state index in [0.717, 1.165) is 12.8 Å². The van der Waals surface area contributed by atoms with Gasteiger partial charge in [-0.25, -0.2) is 0 Å². The molecule has 1 aromatic rings. The van der Waals surface area contributed by atoms with Crippen molar-refractivity contribution in [2.24, 2.45) is 0 Å². The number of carboxylic acids is 1. The lowest BCUT2D eigenvalue weighted by Crippen LogP contribution is -2.61. The van der Waals surface area contributed by atoms with Crippen molar-refractivity contribution in [2.45, 2.75) is 38.6 Å². The summed E-state index contributed by atoms with van der Waals surface area (Å²) in [6, 6.07) is 4.11. The van der Waals surface area contributed by atoms with Gasteiger partial charge < -0.3 is 25.1 Å². The van der Waals surface area contributed by atoms with Gasteiger partial charge >= 0.3 is 0 Å². The number of quaternary nitrogens is 1. The molecule has 0 aliphatic carbocycles. The molecule has 0 aliphatic rings. The fourth-order valence-electron chi connectivity index (χ4n) is 1.87. The molecule has 5 nitrogen and oxygen atoms in total. The number of hydrogen-bond donors (Lipinski definition) is 1. The zero-order valence-corrected chi connectivity index (χ0v) is 12.2. The zero-order valence-electron chi connectivity index (χ0n) is 12.2. The minimum Gasteiger partial charge on any atom is -0.544 e. The third-order valence-corrected chi connectivity index (χ3v) is 3.13. The van der Waals surface area contributed by atoms with Crippen LogP contribution in [0.4, 0.5) is 0 Å². The summed E-state index contributed by atoms with van der Waals surface area (Å²) in [5.41, 5.74) is 4.09. The number of aliphatic carboxylic acids is 1. The highest BCUT2D eigenvalue weighted by atomic mass is 16.5. The molecule has 0 spiro atoms. The first kappa shape index (κ1) is 16.3. The minimum atomic E-state index is -1.21. The van der Waals surface area contributed by atoms with Crippen molar-refractivity contribution >= 4 is 5.97 Å². The molecule has 1 atom stereocenters. The molecule has 0 aromatic heterocycles. The predicted molar refractivity (Wildman–Crippen MR) is 73.3 cm³/mol. The van der Waals surface area contributed by atoms with Crippen LogP contribution < -0.4 is 20.3 Å². The smallest absolute Gasteiger partial charge is 0.161 e. The molecule has 0 fully saturated rings. The van der Waals surface area contributed by atoms with Crippen LogP contribution in [0, 0.1) is 0 Å². The van der Waals surface area contributed by atoms with E-state index in [1.807, 2.05) is 0 Å². The van der Waals surface area contributed by atoms with Crippen molar-refractivity contribution < 1.29 is 25.1 Å². The molecule has 0 aliphatic heterocycles. The molecular formula is C15H23NO4. The first-order valence-corrected chi connectivity index (χ1v) is 6.94. The Kier molecular flexibility index (Phi) is 6.87. The fourth-order valence-corrected chi connectivity index (χ4v) is 1.87. The van der Waals surface area contributed by atoms with E-state index in [1.165, 1.54) is 20.0 Å². The number of carbonyl (C=O) groups is 1. The molecule has 0 saturated carbocycles. The molecule has 3 N–H and O–H groups in total. The molecule has 0 amide bonds. The lowest BCUT2D eigenvalue weighted by molar-refractivity contribution is -0.443. The molecule has 0 radical (unpaired) electrons. The Morgan fingerprint density at radius 1 is 1.30 bits per heavy atom. The zero-order chi connectivity index (χ0) is 15.0. The summed E-state index contributed by atoms with van der Waals surface area (Å²) in [6.07, 6.45) is 4.53. The first-order chi connectivity index (χ1) is 9.60. The Morgan fingerprint density at radius 3 is 2.65 bits per heavy atom. The van der Waals surface area contributed by atoms with Gasteiger partial charge in [-0.2, -0.15) is 0 Å². The summed E-state index contributed by atoms with van der Waals surface area (Å²) in [5, 5.41) is 10.8. The lowest BCUT2D eigenvalue weighted by Gasteiger charge is -2.14. The Bertz CT molecular complexity index is 434. The van der Waals surface area contributed by atoms with Crippen molar-refractivity contribution in [3.8, 4) is 11.5 Å². The van der Waals surface area contributed by atoms with E-state index in [4.69, 9.17) is 9.47 Å². The molecule has 5 heteroatoms. The van der Waals surface area contributed by atoms with Gasteiger partial charge in [0.15, 0.2) is 17.5 Å². The lowest BCUT2D eigenvalue weighted by atomic mass is 10.1. The Morgan fingerprint density at radius 2 is 2.05 bits per heavy atom. The van der Waals surface area contributed by atoms with Gasteiger partial charge in [0, 0.05) is 5.56 Å². The summed E-state index contributed by atoms with van der Waals surface area (Å²) in [7, 11) is 1.53. The highest BCUT2D eigenvalue weighted by molar-refractivity contribution is 5.72. The largest absolute Gasteiger partial charge is 0.544 e. The average molecular weight is 281 g/mol. The van der Waals surface area contributed by atoms with E-state index in [2.05, 4.69) is 12.7 Å². The quantitative estimate of drug-likeness (QED) is 0.675. The fraction of sp³-hybridized carbons (Fsp3) is 0.533. The van der Waals surface area contributed by atoms with E-state index in [-0.39, 0.29) is 0 Å². The summed E-state index contributed by atoms with van der Waals surface area (Å²) in [4.78, 5) is 10.8. The number of hydrogen-bond acceptors (Lipinski definition) is 4. The molecule has 1 rings (SSSR count). The van der Waals surface area contributed by atoms with Gasteiger partial charge in [0.2, 0.25) is 0 Å². The normalized spacial score (nSPS) is 11.9. The van der Waals surface area contributed by atoms with Gasteiger partial charge in [0.1, 0.15) is 5.97 Å². The Hall–Kier alpha value is -1.75. The predicted octanol–water partition coefficient (Wildman–Crippen LogP) is 0.687. The van der Waals surface area contributed by atoms with Crippen LogP contribution in [0.1, 0.15) is 44.2 Å². The van der Waals surface area contributed by atoms with Crippen molar-refractivity contribution in [1.29, 1.82) is 0 Å². The molecule has 112 valence electrons. The number of rotatable bonds is 9. The molecule has 20 heavy (non-hydrogen) atoms. The molecule has 1 aromatic carbocycles. The maximum Gasteiger partial charge on any atom is 0.161 e. The number of benzene rings is 1. The number of methoxy groups -OCH3 is 1. The maximum atomic E-state index is 10.8. The van der Waals surface area contributed by atoms with Gasteiger partial charge in [-0.3, -0.25) is 0 Å². The van der Waals surface area contributed by atoms with E-state index < -0.39 is 12.0 Å². The third-order valence-electron chi connectivity index (χ3n) is 3.13. The second-order valence-electron chi connectivity index (χ2n) is 4.69. The van der Waals surface area contributed by atoms with Gasteiger partial charge in [0.25, 0.3) is 0 Å². The van der Waals surface area contributed by atoms with Crippen LogP contribution in [0.5, 0.6) is 11.5 Å². The van der Waals surface area contributed by atoms with Crippen LogP contribution in [0.3, 0.4) is 0 Å². The first-order valence-electron chi connectivity index (χ1n) is 6.94. The third kappa shape index (κ3) is 4.74. The second kappa shape index (κ2) is 8.43. The van der Waals surface area contributed by atoms with Gasteiger partial charge in [-0.05, 0) is 24.6 Å². The second-order valence-corrected chi connectivity index (χ2v) is 4.69. The monoisotopic (exact) mass is 281 g/mol. The van der Waals surface area contributed by atoms with Crippen LogP contribution in [0.25, 0.3) is 0 Å². The SMILES string of the molecule is CCCCCCOc1ccc([C@@H]([NH3+])C(=O)[O-])cc1OC. The molecule has 0 saturated heterocycles. The number of unbranched alkanes of at least 4 members (excludes halogenated alkanes) is 3. The summed E-state index contributed by atoms with van der Waals surface area (Å²) in [6.45, 7) is 2.79. The summed E-state index contributed by atoms with van der Waals surface area (Å²) >= 11 is 0. The standard InChI is InChI=1S/C15H23NO4/c1-3-4-5-6-9-20-12-8-7-11(10-13(12)19-2)14(16)15(17)18/h7-8,10,14H,3-6,9,16H2,1-2H3,(H,17,18)/t14-/m1/s1.